The predicted molar refractivity (Wildman–Crippen MR) is 130 cm³/mol. The second-order valence-corrected chi connectivity index (χ2v) is 9.20. The van der Waals surface area contributed by atoms with Crippen molar-refractivity contribution in [1.82, 2.24) is 9.97 Å². The number of hydrogen-bond acceptors (Lipinski definition) is 5. The van der Waals surface area contributed by atoms with Crippen molar-refractivity contribution in [3.8, 4) is 0 Å². The first-order chi connectivity index (χ1) is 17.4. The predicted octanol–water partition coefficient (Wildman–Crippen LogP) is 5.60. The Kier molecular flexibility index (Phi) is 7.09. The molecule has 9 heteroatoms. The maximum absolute atomic E-state index is 15.5. The van der Waals surface area contributed by atoms with Crippen LogP contribution in [0.4, 0.5) is 29.1 Å². The van der Waals surface area contributed by atoms with E-state index in [1.165, 1.54) is 18.5 Å². The largest absolute Gasteiger partial charge is 0.416 e. The van der Waals surface area contributed by atoms with Crippen LogP contribution in [0.15, 0.2) is 54.9 Å². The molecule has 0 bridgehead atoms. The SMILES string of the molecule is Fc1c(CCc2ccc(N3CCOCC3)cc2)ncnc1N1CCCC1c1ccc(C(F)(F)F)cc1. The number of nitrogens with zero attached hydrogens (tertiary/aromatic N) is 4. The minimum Gasteiger partial charge on any atom is -0.378 e. The molecular weight excluding hydrogens is 472 g/mol. The Bertz CT molecular complexity index is 1160. The van der Waals surface area contributed by atoms with Gasteiger partial charge in [-0.2, -0.15) is 13.2 Å². The minimum absolute atomic E-state index is 0.213. The van der Waals surface area contributed by atoms with Gasteiger partial charge in [0.2, 0.25) is 0 Å². The molecule has 5 rings (SSSR count). The molecule has 1 aromatic heterocycles. The van der Waals surface area contributed by atoms with Gasteiger partial charge in [0.05, 0.1) is 30.5 Å². The number of ether oxygens (including phenoxy) is 1. The molecule has 190 valence electrons. The van der Waals surface area contributed by atoms with Crippen LogP contribution in [0.25, 0.3) is 0 Å². The number of anilines is 2. The Labute approximate surface area is 207 Å². The average Bonchev–Trinajstić information content (AvgIpc) is 3.38. The van der Waals surface area contributed by atoms with E-state index in [0.29, 0.717) is 25.1 Å². The molecule has 2 saturated heterocycles. The third-order valence-corrected chi connectivity index (χ3v) is 6.95. The highest BCUT2D eigenvalue weighted by atomic mass is 19.4. The van der Waals surface area contributed by atoms with Crippen molar-refractivity contribution in [2.75, 3.05) is 42.6 Å². The Morgan fingerprint density at radius 2 is 1.61 bits per heavy atom. The van der Waals surface area contributed by atoms with E-state index in [-0.39, 0.29) is 11.9 Å². The summed E-state index contributed by atoms with van der Waals surface area (Å²) in [5, 5.41) is 0. The number of aryl methyl sites for hydroxylation is 2. The summed E-state index contributed by atoms with van der Waals surface area (Å²) in [5.74, 6) is -0.244. The van der Waals surface area contributed by atoms with E-state index in [0.717, 1.165) is 68.1 Å². The molecule has 36 heavy (non-hydrogen) atoms. The highest BCUT2D eigenvalue weighted by molar-refractivity contribution is 5.49. The van der Waals surface area contributed by atoms with E-state index in [2.05, 4.69) is 39.1 Å². The molecule has 0 spiro atoms. The lowest BCUT2D eigenvalue weighted by molar-refractivity contribution is -0.137. The molecule has 0 saturated carbocycles. The molecule has 0 amide bonds. The van der Waals surface area contributed by atoms with Gasteiger partial charge in [-0.3, -0.25) is 0 Å². The lowest BCUT2D eigenvalue weighted by Crippen LogP contribution is -2.36. The monoisotopic (exact) mass is 500 g/mol. The first-order valence-electron chi connectivity index (χ1n) is 12.2. The lowest BCUT2D eigenvalue weighted by Gasteiger charge is -2.29. The van der Waals surface area contributed by atoms with Gasteiger partial charge in [0.1, 0.15) is 6.33 Å². The standard InChI is InChI=1S/C27H28F4N4O/c28-25-23(12-5-19-3-10-22(11-4-19)34-14-16-36-17-15-34)32-18-33-26(25)35-13-1-2-24(35)20-6-8-21(9-7-20)27(29,30)31/h3-4,6-11,18,24H,1-2,5,12-17H2. The molecule has 2 aromatic carbocycles. The second-order valence-electron chi connectivity index (χ2n) is 9.20. The van der Waals surface area contributed by atoms with E-state index in [1.807, 2.05) is 4.90 Å². The van der Waals surface area contributed by atoms with Gasteiger partial charge < -0.3 is 14.5 Å². The molecule has 0 aliphatic carbocycles. The fourth-order valence-electron chi connectivity index (χ4n) is 4.99. The Morgan fingerprint density at radius 1 is 0.889 bits per heavy atom. The summed E-state index contributed by atoms with van der Waals surface area (Å²) in [6, 6.07) is 13.2. The molecule has 0 N–H and O–H groups in total. The molecule has 2 fully saturated rings. The highest BCUT2D eigenvalue weighted by Crippen LogP contribution is 2.38. The summed E-state index contributed by atoms with van der Waals surface area (Å²) in [6.45, 7) is 3.79. The Hall–Kier alpha value is -3.20. The number of halogens is 4. The van der Waals surface area contributed by atoms with Crippen LogP contribution in [0.3, 0.4) is 0 Å². The molecule has 5 nitrogen and oxygen atoms in total. The second kappa shape index (κ2) is 10.4. The van der Waals surface area contributed by atoms with Gasteiger partial charge in [0.25, 0.3) is 0 Å². The van der Waals surface area contributed by atoms with Crippen molar-refractivity contribution in [3.63, 3.8) is 0 Å². The van der Waals surface area contributed by atoms with Crippen molar-refractivity contribution in [2.24, 2.45) is 0 Å². The maximum Gasteiger partial charge on any atom is 0.416 e. The van der Waals surface area contributed by atoms with Gasteiger partial charge >= 0.3 is 6.18 Å². The summed E-state index contributed by atoms with van der Waals surface area (Å²) in [6.07, 6.45) is -0.419. The number of hydrogen-bond donors (Lipinski definition) is 0. The van der Waals surface area contributed by atoms with Gasteiger partial charge in [0, 0.05) is 25.3 Å². The number of morpholine rings is 1. The van der Waals surface area contributed by atoms with Gasteiger partial charge in [-0.1, -0.05) is 24.3 Å². The number of benzene rings is 2. The molecule has 2 aliphatic rings. The third-order valence-electron chi connectivity index (χ3n) is 6.95. The summed E-state index contributed by atoms with van der Waals surface area (Å²) in [5.41, 5.74) is 2.62. The molecule has 3 aromatic rings. The normalized spacial score (nSPS) is 18.6. The van der Waals surface area contributed by atoms with Crippen LogP contribution in [0, 0.1) is 5.82 Å². The summed E-state index contributed by atoms with van der Waals surface area (Å²) < 4.78 is 59.8. The van der Waals surface area contributed by atoms with E-state index >= 15 is 4.39 Å². The fourth-order valence-corrected chi connectivity index (χ4v) is 4.99. The first-order valence-corrected chi connectivity index (χ1v) is 12.2. The van der Waals surface area contributed by atoms with E-state index in [9.17, 15) is 13.2 Å². The Morgan fingerprint density at radius 3 is 2.31 bits per heavy atom. The summed E-state index contributed by atoms with van der Waals surface area (Å²) in [7, 11) is 0. The van der Waals surface area contributed by atoms with Gasteiger partial charge in [0.15, 0.2) is 11.6 Å². The van der Waals surface area contributed by atoms with Gasteiger partial charge in [-0.15, -0.1) is 0 Å². The number of aromatic nitrogens is 2. The van der Waals surface area contributed by atoms with Crippen molar-refractivity contribution in [2.45, 2.75) is 37.9 Å². The maximum atomic E-state index is 15.5. The van der Waals surface area contributed by atoms with E-state index < -0.39 is 17.6 Å². The zero-order valence-electron chi connectivity index (χ0n) is 19.8. The zero-order chi connectivity index (χ0) is 25.1. The summed E-state index contributed by atoms with van der Waals surface area (Å²) >= 11 is 0. The van der Waals surface area contributed by atoms with E-state index in [4.69, 9.17) is 4.74 Å². The van der Waals surface area contributed by atoms with Crippen molar-refractivity contribution in [1.29, 1.82) is 0 Å². The Balaban J connectivity index is 1.28. The summed E-state index contributed by atoms with van der Waals surface area (Å²) in [4.78, 5) is 12.5. The van der Waals surface area contributed by atoms with Crippen LogP contribution in [-0.4, -0.2) is 42.8 Å². The van der Waals surface area contributed by atoms with Crippen LogP contribution in [0.5, 0.6) is 0 Å². The molecule has 2 aliphatic heterocycles. The zero-order valence-corrected chi connectivity index (χ0v) is 19.8. The van der Waals surface area contributed by atoms with Crippen molar-refractivity contribution >= 4 is 11.5 Å². The fraction of sp³-hybridized carbons (Fsp3) is 0.407. The molecule has 1 atom stereocenters. The molecule has 1 unspecified atom stereocenters. The van der Waals surface area contributed by atoms with Crippen molar-refractivity contribution < 1.29 is 22.3 Å². The lowest BCUT2D eigenvalue weighted by atomic mass is 10.0. The van der Waals surface area contributed by atoms with Crippen LogP contribution in [-0.2, 0) is 23.8 Å². The van der Waals surface area contributed by atoms with Crippen LogP contribution < -0.4 is 9.80 Å². The smallest absolute Gasteiger partial charge is 0.378 e. The molecule has 0 radical (unpaired) electrons. The first kappa shape index (κ1) is 24.5. The van der Waals surface area contributed by atoms with Crippen molar-refractivity contribution in [3.05, 3.63) is 83.1 Å². The van der Waals surface area contributed by atoms with Crippen LogP contribution in [0.2, 0.25) is 0 Å². The number of alkyl halides is 3. The van der Waals surface area contributed by atoms with Crippen LogP contribution >= 0.6 is 0 Å². The average molecular weight is 501 g/mol. The minimum atomic E-state index is -4.38. The quantitative estimate of drug-likeness (QED) is 0.413. The number of rotatable bonds is 6. The highest BCUT2D eigenvalue weighted by Gasteiger charge is 2.33. The van der Waals surface area contributed by atoms with Crippen LogP contribution in [0.1, 0.15) is 41.3 Å². The molecular formula is C27H28F4N4O. The van der Waals surface area contributed by atoms with Gasteiger partial charge in [-0.25, -0.2) is 14.4 Å². The topological polar surface area (TPSA) is 41.5 Å². The third kappa shape index (κ3) is 5.31. The van der Waals surface area contributed by atoms with Gasteiger partial charge in [-0.05, 0) is 61.1 Å². The molecule has 3 heterocycles. The van der Waals surface area contributed by atoms with E-state index in [1.54, 1.807) is 0 Å².